The highest BCUT2D eigenvalue weighted by molar-refractivity contribution is 5.76. The first-order valence-electron chi connectivity index (χ1n) is 9.52. The minimum Gasteiger partial charge on any atom is -0.378 e. The molecule has 8 heteroatoms. The van der Waals surface area contributed by atoms with E-state index in [2.05, 4.69) is 22.0 Å². The zero-order chi connectivity index (χ0) is 17.9. The van der Waals surface area contributed by atoms with E-state index in [1.54, 1.807) is 4.52 Å². The maximum Gasteiger partial charge on any atom is 0.223 e. The van der Waals surface area contributed by atoms with Crippen LogP contribution >= 0.6 is 0 Å². The summed E-state index contributed by atoms with van der Waals surface area (Å²) in [5, 5.41) is 13.2. The van der Waals surface area contributed by atoms with Gasteiger partial charge in [-0.05, 0) is 30.9 Å². The fraction of sp³-hybridized carbons (Fsp3) is 0.667. The molecule has 0 N–H and O–H groups in total. The third-order valence-corrected chi connectivity index (χ3v) is 5.35. The number of piperidine rings is 1. The highest BCUT2D eigenvalue weighted by Gasteiger charge is 2.20. The number of aromatic nitrogens is 4. The van der Waals surface area contributed by atoms with Crippen molar-refractivity contribution < 1.29 is 9.53 Å². The van der Waals surface area contributed by atoms with E-state index >= 15 is 0 Å². The van der Waals surface area contributed by atoms with Gasteiger partial charge in [-0.3, -0.25) is 4.79 Å². The molecule has 2 aromatic rings. The molecule has 0 spiro atoms. The number of amides is 1. The lowest BCUT2D eigenvalue weighted by molar-refractivity contribution is -0.135. The molecule has 2 saturated heterocycles. The lowest BCUT2D eigenvalue weighted by atomic mass is 9.99. The molecule has 2 aliphatic heterocycles. The summed E-state index contributed by atoms with van der Waals surface area (Å²) < 4.78 is 7.09. The number of rotatable bonds is 4. The number of aryl methyl sites for hydroxylation is 1. The average Bonchev–Trinajstić information content (AvgIpc) is 3.09. The van der Waals surface area contributed by atoms with Gasteiger partial charge in [0.25, 0.3) is 0 Å². The summed E-state index contributed by atoms with van der Waals surface area (Å²) >= 11 is 0. The summed E-state index contributed by atoms with van der Waals surface area (Å²) in [5.41, 5.74) is 0.730. The van der Waals surface area contributed by atoms with Crippen LogP contribution in [0, 0.1) is 5.92 Å². The maximum absolute atomic E-state index is 12.4. The number of morpholine rings is 1. The van der Waals surface area contributed by atoms with Crippen molar-refractivity contribution in [3.8, 4) is 0 Å². The van der Waals surface area contributed by atoms with Crippen LogP contribution in [0.25, 0.3) is 5.65 Å². The molecule has 0 bridgehead atoms. The lowest BCUT2D eigenvalue weighted by Gasteiger charge is -2.31. The molecular formula is C18H26N6O2. The smallest absolute Gasteiger partial charge is 0.223 e. The van der Waals surface area contributed by atoms with Crippen LogP contribution in [-0.2, 0) is 16.0 Å². The van der Waals surface area contributed by atoms with E-state index in [-0.39, 0.29) is 5.91 Å². The van der Waals surface area contributed by atoms with Gasteiger partial charge in [0, 0.05) is 39.0 Å². The number of fused-ring (bicyclic) bond motifs is 1. The third-order valence-electron chi connectivity index (χ3n) is 5.35. The largest absolute Gasteiger partial charge is 0.378 e. The number of carbonyl (C=O) groups excluding carboxylic acids is 1. The molecule has 2 aromatic heterocycles. The third kappa shape index (κ3) is 3.65. The van der Waals surface area contributed by atoms with Gasteiger partial charge in [0.05, 0.1) is 13.2 Å². The predicted octanol–water partition coefficient (Wildman–Crippen LogP) is 1.15. The van der Waals surface area contributed by atoms with E-state index < -0.39 is 0 Å². The van der Waals surface area contributed by atoms with Crippen LogP contribution in [0.5, 0.6) is 0 Å². The minimum atomic E-state index is 0.145. The fourth-order valence-corrected chi connectivity index (χ4v) is 3.58. The minimum absolute atomic E-state index is 0.145. The first-order chi connectivity index (χ1) is 12.7. The zero-order valence-electron chi connectivity index (χ0n) is 15.3. The standard InChI is InChI=1S/C18H26N6O2/c1-14-6-8-22(9-7-14)17-3-2-15-19-20-16(24(15)21-17)4-5-18(25)23-10-12-26-13-11-23/h2-3,14H,4-13H2,1H3. The van der Waals surface area contributed by atoms with Gasteiger partial charge >= 0.3 is 0 Å². The number of carbonyl (C=O) groups is 1. The number of hydrogen-bond donors (Lipinski definition) is 0. The first kappa shape index (κ1) is 17.2. The zero-order valence-corrected chi connectivity index (χ0v) is 15.3. The molecule has 8 nitrogen and oxygen atoms in total. The van der Waals surface area contributed by atoms with Crippen molar-refractivity contribution >= 4 is 17.4 Å². The van der Waals surface area contributed by atoms with Crippen molar-refractivity contribution in [3.05, 3.63) is 18.0 Å². The molecule has 0 saturated carbocycles. The van der Waals surface area contributed by atoms with Crippen LogP contribution in [0.1, 0.15) is 32.0 Å². The van der Waals surface area contributed by atoms with E-state index in [0.717, 1.165) is 36.3 Å². The Labute approximate surface area is 153 Å². The Morgan fingerprint density at radius 1 is 1.15 bits per heavy atom. The Kier molecular flexibility index (Phi) is 5.01. The van der Waals surface area contributed by atoms with Crippen LogP contribution in [0.4, 0.5) is 5.82 Å². The number of ether oxygens (including phenoxy) is 1. The summed E-state index contributed by atoms with van der Waals surface area (Å²) in [6.45, 7) is 6.97. The topological polar surface area (TPSA) is 75.9 Å². The van der Waals surface area contributed by atoms with Gasteiger partial charge in [0.2, 0.25) is 5.91 Å². The Morgan fingerprint density at radius 2 is 1.92 bits per heavy atom. The van der Waals surface area contributed by atoms with Crippen LogP contribution in [0.15, 0.2) is 12.1 Å². The Hall–Kier alpha value is -2.22. The van der Waals surface area contributed by atoms with Crippen molar-refractivity contribution in [3.63, 3.8) is 0 Å². The summed E-state index contributed by atoms with van der Waals surface area (Å²) in [7, 11) is 0. The molecule has 2 fully saturated rings. The van der Waals surface area contributed by atoms with Gasteiger partial charge in [0.15, 0.2) is 11.5 Å². The molecule has 4 heterocycles. The van der Waals surface area contributed by atoms with E-state index in [4.69, 9.17) is 9.84 Å². The Morgan fingerprint density at radius 3 is 2.69 bits per heavy atom. The molecule has 0 aromatic carbocycles. The average molecular weight is 358 g/mol. The van der Waals surface area contributed by atoms with Crippen molar-refractivity contribution in [2.24, 2.45) is 5.92 Å². The number of hydrogen-bond acceptors (Lipinski definition) is 6. The summed E-state index contributed by atoms with van der Waals surface area (Å²) in [4.78, 5) is 16.5. The molecule has 0 atom stereocenters. The monoisotopic (exact) mass is 358 g/mol. The van der Waals surface area contributed by atoms with Crippen LogP contribution in [0.3, 0.4) is 0 Å². The molecule has 2 aliphatic rings. The molecular weight excluding hydrogens is 332 g/mol. The molecule has 4 rings (SSSR count). The first-order valence-corrected chi connectivity index (χ1v) is 9.52. The van der Waals surface area contributed by atoms with Gasteiger partial charge in [-0.25, -0.2) is 0 Å². The predicted molar refractivity (Wildman–Crippen MR) is 97.1 cm³/mol. The van der Waals surface area contributed by atoms with Crippen LogP contribution in [-0.4, -0.2) is 70.0 Å². The van der Waals surface area contributed by atoms with E-state index in [9.17, 15) is 4.79 Å². The van der Waals surface area contributed by atoms with Gasteiger partial charge < -0.3 is 14.5 Å². The van der Waals surface area contributed by atoms with E-state index in [1.165, 1.54) is 12.8 Å². The molecule has 0 aliphatic carbocycles. The summed E-state index contributed by atoms with van der Waals surface area (Å²) in [6.07, 6.45) is 3.37. The van der Waals surface area contributed by atoms with Crippen molar-refractivity contribution in [1.82, 2.24) is 24.7 Å². The Balaban J connectivity index is 1.45. The van der Waals surface area contributed by atoms with Gasteiger partial charge in [-0.1, -0.05) is 6.92 Å². The number of anilines is 1. The molecule has 0 radical (unpaired) electrons. The highest BCUT2D eigenvalue weighted by Crippen LogP contribution is 2.21. The summed E-state index contributed by atoms with van der Waals surface area (Å²) in [5.74, 6) is 2.64. The van der Waals surface area contributed by atoms with Crippen LogP contribution in [0.2, 0.25) is 0 Å². The molecule has 26 heavy (non-hydrogen) atoms. The fourth-order valence-electron chi connectivity index (χ4n) is 3.58. The molecule has 0 unspecified atom stereocenters. The second-order valence-corrected chi connectivity index (χ2v) is 7.24. The normalized spacial score (nSPS) is 19.3. The van der Waals surface area contributed by atoms with Crippen molar-refractivity contribution in [2.75, 3.05) is 44.3 Å². The lowest BCUT2D eigenvalue weighted by Crippen LogP contribution is -2.40. The quantitative estimate of drug-likeness (QED) is 0.816. The second kappa shape index (κ2) is 7.57. The van der Waals surface area contributed by atoms with Crippen molar-refractivity contribution in [1.29, 1.82) is 0 Å². The summed E-state index contributed by atoms with van der Waals surface area (Å²) in [6, 6.07) is 3.98. The van der Waals surface area contributed by atoms with Crippen molar-refractivity contribution in [2.45, 2.75) is 32.6 Å². The number of nitrogens with zero attached hydrogens (tertiary/aromatic N) is 6. The van der Waals surface area contributed by atoms with E-state index in [0.29, 0.717) is 39.1 Å². The molecule has 140 valence electrons. The highest BCUT2D eigenvalue weighted by atomic mass is 16.5. The van der Waals surface area contributed by atoms with Gasteiger partial charge in [0.1, 0.15) is 5.82 Å². The second-order valence-electron chi connectivity index (χ2n) is 7.24. The Bertz CT molecular complexity index is 762. The van der Waals surface area contributed by atoms with Crippen LogP contribution < -0.4 is 4.90 Å². The van der Waals surface area contributed by atoms with E-state index in [1.807, 2.05) is 17.0 Å². The maximum atomic E-state index is 12.4. The molecule has 1 amide bonds. The van der Waals surface area contributed by atoms with Gasteiger partial charge in [-0.2, -0.15) is 4.52 Å². The SMILES string of the molecule is CC1CCN(c2ccc3nnc(CCC(=O)N4CCOCC4)n3n2)CC1. The van der Waals surface area contributed by atoms with Gasteiger partial charge in [-0.15, -0.1) is 15.3 Å².